The molecule has 0 bridgehead atoms. The number of H-pyrrole nitrogens is 1. The number of halogens is 3. The lowest BCUT2D eigenvalue weighted by molar-refractivity contribution is -0.209. The molecule has 1 N–H and O–H groups in total. The van der Waals surface area contributed by atoms with Crippen molar-refractivity contribution in [2.75, 3.05) is 0 Å². The largest absolute Gasteiger partial charge is 0.495 e. The number of rotatable bonds is 0. The van der Waals surface area contributed by atoms with Crippen LogP contribution >= 0.6 is 0 Å². The van der Waals surface area contributed by atoms with Gasteiger partial charge in [0.05, 0.1) is 0 Å². The number of hydrogen-bond acceptors (Lipinski definition) is 2. The molecule has 0 aromatic carbocycles. The highest BCUT2D eigenvalue weighted by Crippen LogP contribution is 2.17. The normalized spacial score (nSPS) is 11.7. The van der Waals surface area contributed by atoms with Crippen molar-refractivity contribution in [3.8, 4) is 0 Å². The number of aromatic amines is 1. The topological polar surface area (TPSA) is 54.9 Å². The Morgan fingerprint density at radius 2 is 1.92 bits per heavy atom. The minimum absolute atomic E-state index is 0.170. The highest BCUT2D eigenvalue weighted by molar-refractivity contribution is 5.01. The van der Waals surface area contributed by atoms with E-state index in [2.05, 4.69) is 0 Å². The maximum Gasteiger partial charge on any atom is 0.495 e. The van der Waals surface area contributed by atoms with Crippen molar-refractivity contribution in [3.05, 3.63) is 32.6 Å². The molecule has 1 rings (SSSR count). The van der Waals surface area contributed by atoms with Crippen LogP contribution in [0.2, 0.25) is 0 Å². The quantitative estimate of drug-likeness (QED) is 0.646. The summed E-state index contributed by atoms with van der Waals surface area (Å²) in [5, 5.41) is 0. The van der Waals surface area contributed by atoms with Crippen molar-refractivity contribution in [2.24, 2.45) is 0 Å². The van der Waals surface area contributed by atoms with E-state index in [1.54, 1.807) is 4.98 Å². The molecule has 0 radical (unpaired) electrons. The van der Waals surface area contributed by atoms with Crippen molar-refractivity contribution in [3.63, 3.8) is 0 Å². The first-order valence-corrected chi connectivity index (χ1v) is 3.22. The summed E-state index contributed by atoms with van der Waals surface area (Å²) in [4.78, 5) is 23.3. The molecule has 1 aromatic heterocycles. The summed E-state index contributed by atoms with van der Waals surface area (Å²) in [6.07, 6.45) is -4.04. The van der Waals surface area contributed by atoms with Gasteiger partial charge in [0, 0.05) is 11.8 Å². The van der Waals surface area contributed by atoms with Gasteiger partial charge < -0.3 is 4.98 Å². The van der Waals surface area contributed by atoms with E-state index in [4.69, 9.17) is 0 Å². The van der Waals surface area contributed by atoms with Gasteiger partial charge in [-0.1, -0.05) is 0 Å². The van der Waals surface area contributed by atoms with Crippen molar-refractivity contribution in [1.29, 1.82) is 0 Å². The number of aromatic nitrogens is 2. The van der Waals surface area contributed by atoms with Crippen molar-refractivity contribution >= 4 is 0 Å². The second-order valence-corrected chi connectivity index (χ2v) is 2.39. The lowest BCUT2D eigenvalue weighted by Gasteiger charge is -2.07. The zero-order valence-electron chi connectivity index (χ0n) is 6.47. The molecular weight excluding hydrogens is 189 g/mol. The van der Waals surface area contributed by atoms with Gasteiger partial charge in [0.15, 0.2) is 0 Å². The molecule has 1 aromatic rings. The van der Waals surface area contributed by atoms with Crippen LogP contribution in [0.15, 0.2) is 15.8 Å². The summed E-state index contributed by atoms with van der Waals surface area (Å²) >= 11 is 0. The van der Waals surface area contributed by atoms with E-state index in [0.29, 0.717) is 0 Å². The fourth-order valence-electron chi connectivity index (χ4n) is 0.795. The van der Waals surface area contributed by atoms with E-state index in [-0.39, 0.29) is 5.56 Å². The lowest BCUT2D eigenvalue weighted by atomic mass is 10.4. The number of alkyl halides is 3. The Morgan fingerprint density at radius 3 is 2.31 bits per heavy atom. The van der Waals surface area contributed by atoms with Crippen molar-refractivity contribution < 1.29 is 13.2 Å². The Kier molecular flexibility index (Phi) is 2.02. The van der Waals surface area contributed by atoms with E-state index in [1.165, 1.54) is 6.92 Å². The molecule has 0 aliphatic rings. The molecule has 0 saturated carbocycles. The zero-order valence-corrected chi connectivity index (χ0v) is 6.47. The molecule has 0 unspecified atom stereocenters. The van der Waals surface area contributed by atoms with Crippen LogP contribution in [-0.4, -0.2) is 9.55 Å². The third kappa shape index (κ3) is 1.63. The van der Waals surface area contributed by atoms with Crippen molar-refractivity contribution in [2.45, 2.75) is 13.2 Å². The van der Waals surface area contributed by atoms with E-state index in [0.717, 1.165) is 6.20 Å². The number of nitrogens with zero attached hydrogens (tertiary/aromatic N) is 1. The Morgan fingerprint density at radius 1 is 1.38 bits per heavy atom. The third-order valence-electron chi connectivity index (χ3n) is 1.41. The van der Waals surface area contributed by atoms with Gasteiger partial charge in [-0.15, -0.1) is 13.2 Å². The fraction of sp³-hybridized carbons (Fsp3) is 0.333. The molecule has 0 spiro atoms. The van der Waals surface area contributed by atoms with Gasteiger partial charge in [-0.05, 0) is 6.92 Å². The summed E-state index contributed by atoms with van der Waals surface area (Å²) in [7, 11) is 0. The average Bonchev–Trinajstić information content (AvgIpc) is 1.95. The van der Waals surface area contributed by atoms with E-state index >= 15 is 0 Å². The maximum absolute atomic E-state index is 12.0. The smallest absolute Gasteiger partial charge is 0.313 e. The molecule has 0 aliphatic heterocycles. The van der Waals surface area contributed by atoms with Crippen LogP contribution in [0, 0.1) is 6.92 Å². The third-order valence-corrected chi connectivity index (χ3v) is 1.41. The standard InChI is InChI=1S/C6H5F3N2O2/c1-3-2-10-5(13)11(4(3)12)6(7,8)9/h2H,1H3,(H,10,13). The SMILES string of the molecule is Cc1c[nH]c(=O)n(C(F)(F)F)c1=O. The Bertz CT molecular complexity index is 429. The minimum atomic E-state index is -4.98. The molecule has 13 heavy (non-hydrogen) atoms. The summed E-state index contributed by atoms with van der Waals surface area (Å²) in [5.74, 6) is 0. The van der Waals surface area contributed by atoms with Crippen LogP contribution in [0.3, 0.4) is 0 Å². The molecule has 0 fully saturated rings. The molecule has 0 amide bonds. The van der Waals surface area contributed by atoms with Gasteiger partial charge in [0.2, 0.25) is 0 Å². The zero-order chi connectivity index (χ0) is 10.2. The summed E-state index contributed by atoms with van der Waals surface area (Å²) in [6.45, 7) is 1.18. The van der Waals surface area contributed by atoms with Crippen LogP contribution in [0.4, 0.5) is 13.2 Å². The van der Waals surface area contributed by atoms with E-state index < -0.39 is 22.1 Å². The molecule has 72 valence electrons. The molecular formula is C6H5F3N2O2. The highest BCUT2D eigenvalue weighted by Gasteiger charge is 2.34. The van der Waals surface area contributed by atoms with Gasteiger partial charge in [-0.2, -0.15) is 4.57 Å². The monoisotopic (exact) mass is 194 g/mol. The van der Waals surface area contributed by atoms with Gasteiger partial charge in [0.25, 0.3) is 5.56 Å². The van der Waals surface area contributed by atoms with Gasteiger partial charge >= 0.3 is 12.0 Å². The maximum atomic E-state index is 12.0. The molecule has 4 nitrogen and oxygen atoms in total. The number of hydrogen-bond donors (Lipinski definition) is 1. The highest BCUT2D eigenvalue weighted by atomic mass is 19.4. The molecule has 0 saturated heterocycles. The predicted molar refractivity (Wildman–Crippen MR) is 37.4 cm³/mol. The van der Waals surface area contributed by atoms with Crippen LogP contribution in [-0.2, 0) is 6.30 Å². The summed E-state index contributed by atoms with van der Waals surface area (Å²) in [5.41, 5.74) is -3.00. The fourth-order valence-corrected chi connectivity index (χ4v) is 0.795. The molecule has 7 heteroatoms. The second-order valence-electron chi connectivity index (χ2n) is 2.39. The average molecular weight is 194 g/mol. The lowest BCUT2D eigenvalue weighted by Crippen LogP contribution is -2.43. The Hall–Kier alpha value is -1.53. The van der Waals surface area contributed by atoms with Crippen LogP contribution in [0.1, 0.15) is 5.56 Å². The van der Waals surface area contributed by atoms with Gasteiger partial charge in [-0.3, -0.25) is 4.79 Å². The molecule has 1 heterocycles. The minimum Gasteiger partial charge on any atom is -0.313 e. The second kappa shape index (κ2) is 2.75. The van der Waals surface area contributed by atoms with Crippen LogP contribution in [0.5, 0.6) is 0 Å². The molecule has 0 aliphatic carbocycles. The van der Waals surface area contributed by atoms with Crippen LogP contribution < -0.4 is 11.2 Å². The Balaban J connectivity index is 3.63. The summed E-state index contributed by atoms with van der Waals surface area (Å²) < 4.78 is 35.3. The first-order valence-electron chi connectivity index (χ1n) is 3.22. The van der Waals surface area contributed by atoms with Gasteiger partial charge in [0.1, 0.15) is 0 Å². The first kappa shape index (κ1) is 9.56. The summed E-state index contributed by atoms with van der Waals surface area (Å²) in [6, 6.07) is 0. The predicted octanol–water partition coefficient (Wildman–Crippen LogP) is 0.321. The van der Waals surface area contributed by atoms with E-state index in [9.17, 15) is 22.8 Å². The van der Waals surface area contributed by atoms with Crippen LogP contribution in [0.25, 0.3) is 0 Å². The van der Waals surface area contributed by atoms with Gasteiger partial charge in [-0.25, -0.2) is 4.79 Å². The number of aryl methyl sites for hydroxylation is 1. The molecule has 0 atom stereocenters. The van der Waals surface area contributed by atoms with E-state index in [1.807, 2.05) is 0 Å². The van der Waals surface area contributed by atoms with Crippen molar-refractivity contribution in [1.82, 2.24) is 9.55 Å². The Labute approximate surface area is 69.6 Å². The first-order chi connectivity index (χ1) is 5.84. The number of nitrogens with one attached hydrogen (secondary N) is 1.